The van der Waals surface area contributed by atoms with Gasteiger partial charge in [-0.1, -0.05) is 26.0 Å². The molecule has 0 bridgehead atoms. The molecule has 4 rings (SSSR count). The van der Waals surface area contributed by atoms with Crippen molar-refractivity contribution >= 4 is 23.3 Å². The lowest BCUT2D eigenvalue weighted by atomic mass is 9.92. The van der Waals surface area contributed by atoms with Gasteiger partial charge in [0.2, 0.25) is 5.91 Å². The summed E-state index contributed by atoms with van der Waals surface area (Å²) in [5.41, 5.74) is 2.26. The minimum Gasteiger partial charge on any atom is -0.335 e. The first-order chi connectivity index (χ1) is 14.4. The Balaban J connectivity index is 1.40. The Morgan fingerprint density at radius 1 is 1.17 bits per heavy atom. The number of nitrogens with one attached hydrogen (secondary N) is 2. The number of pyridine rings is 1. The predicted octanol–water partition coefficient (Wildman–Crippen LogP) is 2.88. The molecule has 2 amide bonds. The van der Waals surface area contributed by atoms with Crippen LogP contribution in [0.3, 0.4) is 0 Å². The molecule has 0 spiro atoms. The van der Waals surface area contributed by atoms with Crippen molar-refractivity contribution in [1.82, 2.24) is 15.2 Å². The highest BCUT2D eigenvalue weighted by molar-refractivity contribution is 6.01. The Labute approximate surface area is 177 Å². The van der Waals surface area contributed by atoms with Crippen molar-refractivity contribution in [2.24, 2.45) is 11.8 Å². The van der Waals surface area contributed by atoms with Crippen LogP contribution in [-0.2, 0) is 4.79 Å². The van der Waals surface area contributed by atoms with E-state index >= 15 is 0 Å². The van der Waals surface area contributed by atoms with Crippen LogP contribution >= 0.6 is 0 Å². The SMILES string of the molecule is C[C@@H]1C[C@@H](C)CN(CC(=O)Nc2ccc([C@H]3NC(=O)c4cccnc4N3C)cc2)C1. The maximum Gasteiger partial charge on any atom is 0.256 e. The molecule has 7 heteroatoms. The van der Waals surface area contributed by atoms with E-state index in [1.54, 1.807) is 18.3 Å². The fraction of sp³-hybridized carbons (Fsp3) is 0.435. The molecule has 158 valence electrons. The number of piperidine rings is 1. The number of hydrogen-bond acceptors (Lipinski definition) is 5. The smallest absolute Gasteiger partial charge is 0.256 e. The van der Waals surface area contributed by atoms with Crippen LogP contribution in [0, 0.1) is 11.8 Å². The van der Waals surface area contributed by atoms with Crippen molar-refractivity contribution in [3.63, 3.8) is 0 Å². The molecule has 2 N–H and O–H groups in total. The van der Waals surface area contributed by atoms with E-state index in [-0.39, 0.29) is 18.0 Å². The molecule has 30 heavy (non-hydrogen) atoms. The van der Waals surface area contributed by atoms with E-state index < -0.39 is 0 Å². The number of fused-ring (bicyclic) bond motifs is 1. The van der Waals surface area contributed by atoms with Gasteiger partial charge in [-0.25, -0.2) is 4.98 Å². The molecule has 2 aromatic rings. The van der Waals surface area contributed by atoms with Gasteiger partial charge in [-0.3, -0.25) is 14.5 Å². The molecule has 0 radical (unpaired) electrons. The summed E-state index contributed by atoms with van der Waals surface area (Å²) in [6.45, 7) is 6.85. The average Bonchev–Trinajstić information content (AvgIpc) is 2.70. The lowest BCUT2D eigenvalue weighted by molar-refractivity contribution is -0.117. The van der Waals surface area contributed by atoms with Crippen LogP contribution in [0.25, 0.3) is 0 Å². The maximum absolute atomic E-state index is 12.5. The fourth-order valence-electron chi connectivity index (χ4n) is 4.66. The Kier molecular flexibility index (Phi) is 5.72. The molecule has 0 unspecified atom stereocenters. The average molecular weight is 408 g/mol. The van der Waals surface area contributed by atoms with Gasteiger partial charge in [-0.2, -0.15) is 0 Å². The monoisotopic (exact) mass is 407 g/mol. The van der Waals surface area contributed by atoms with Gasteiger partial charge in [-0.15, -0.1) is 0 Å². The summed E-state index contributed by atoms with van der Waals surface area (Å²) in [6, 6.07) is 11.1. The number of likely N-dealkylation sites (tertiary alicyclic amines) is 1. The summed E-state index contributed by atoms with van der Waals surface area (Å²) in [4.78, 5) is 33.4. The molecule has 2 aliphatic heterocycles. The van der Waals surface area contributed by atoms with Crippen molar-refractivity contribution < 1.29 is 9.59 Å². The second kappa shape index (κ2) is 8.44. The highest BCUT2D eigenvalue weighted by Crippen LogP contribution is 2.30. The highest BCUT2D eigenvalue weighted by atomic mass is 16.2. The highest BCUT2D eigenvalue weighted by Gasteiger charge is 2.30. The normalized spacial score (nSPS) is 24.2. The molecule has 2 aliphatic rings. The van der Waals surface area contributed by atoms with E-state index in [4.69, 9.17) is 0 Å². The van der Waals surface area contributed by atoms with Crippen LogP contribution in [0.4, 0.5) is 11.5 Å². The number of anilines is 2. The van der Waals surface area contributed by atoms with Gasteiger partial charge < -0.3 is 15.5 Å². The molecule has 7 nitrogen and oxygen atoms in total. The van der Waals surface area contributed by atoms with Crippen LogP contribution in [0.2, 0.25) is 0 Å². The van der Waals surface area contributed by atoms with Crippen LogP contribution in [0.1, 0.15) is 42.4 Å². The fourth-order valence-corrected chi connectivity index (χ4v) is 4.66. The number of rotatable bonds is 4. The molecule has 3 atom stereocenters. The van der Waals surface area contributed by atoms with Crippen LogP contribution in [-0.4, -0.2) is 48.4 Å². The molecule has 1 aromatic heterocycles. The summed E-state index contributed by atoms with van der Waals surface area (Å²) in [5.74, 6) is 1.79. The van der Waals surface area contributed by atoms with Gasteiger partial charge in [-0.05, 0) is 48.1 Å². The number of aromatic nitrogens is 1. The van der Waals surface area contributed by atoms with Gasteiger partial charge in [0.05, 0.1) is 12.1 Å². The summed E-state index contributed by atoms with van der Waals surface area (Å²) >= 11 is 0. The number of carbonyl (C=O) groups excluding carboxylic acids is 2. The minimum absolute atomic E-state index is 0.00487. The van der Waals surface area contributed by atoms with E-state index in [1.165, 1.54) is 6.42 Å². The van der Waals surface area contributed by atoms with Crippen molar-refractivity contribution in [1.29, 1.82) is 0 Å². The number of amides is 2. The molecule has 1 fully saturated rings. The van der Waals surface area contributed by atoms with Gasteiger partial charge >= 0.3 is 0 Å². The first-order valence-corrected chi connectivity index (χ1v) is 10.5. The Bertz CT molecular complexity index is 919. The van der Waals surface area contributed by atoms with Crippen LogP contribution in [0.5, 0.6) is 0 Å². The molecular formula is C23H29N5O2. The molecule has 0 saturated carbocycles. The van der Waals surface area contributed by atoms with Crippen molar-refractivity contribution in [3.05, 3.63) is 53.7 Å². The van der Waals surface area contributed by atoms with Crippen molar-refractivity contribution in [2.75, 3.05) is 36.9 Å². The second-order valence-corrected chi connectivity index (χ2v) is 8.67. The van der Waals surface area contributed by atoms with Gasteiger partial charge in [0, 0.05) is 32.0 Å². The zero-order valence-corrected chi connectivity index (χ0v) is 17.8. The second-order valence-electron chi connectivity index (χ2n) is 8.67. The molecule has 0 aliphatic carbocycles. The largest absolute Gasteiger partial charge is 0.335 e. The van der Waals surface area contributed by atoms with Crippen molar-refractivity contribution in [2.45, 2.75) is 26.4 Å². The van der Waals surface area contributed by atoms with Crippen LogP contribution < -0.4 is 15.5 Å². The summed E-state index contributed by atoms with van der Waals surface area (Å²) in [5, 5.41) is 6.00. The summed E-state index contributed by atoms with van der Waals surface area (Å²) in [7, 11) is 1.91. The Morgan fingerprint density at radius 2 is 1.87 bits per heavy atom. The predicted molar refractivity (Wildman–Crippen MR) is 117 cm³/mol. The molecule has 1 aromatic carbocycles. The topological polar surface area (TPSA) is 77.6 Å². The first kappa shape index (κ1) is 20.3. The van der Waals surface area contributed by atoms with E-state index in [2.05, 4.69) is 34.4 Å². The third-order valence-electron chi connectivity index (χ3n) is 5.84. The first-order valence-electron chi connectivity index (χ1n) is 10.5. The number of benzene rings is 1. The van der Waals surface area contributed by atoms with Gasteiger partial charge in [0.15, 0.2) is 0 Å². The standard InChI is InChI=1S/C23H29N5O2/c1-15-11-16(2)13-28(12-15)14-20(29)25-18-8-6-17(7-9-18)21-26-23(30)19-5-4-10-24-22(19)27(21)3/h4-10,15-16,21H,11-14H2,1-3H3,(H,25,29)(H,26,30)/t15-,16-,21+/m1/s1. The number of carbonyl (C=O) groups is 2. The molecular weight excluding hydrogens is 378 g/mol. The van der Waals surface area contributed by atoms with E-state index in [0.29, 0.717) is 29.8 Å². The van der Waals surface area contributed by atoms with Gasteiger partial charge in [0.1, 0.15) is 12.0 Å². The number of hydrogen-bond donors (Lipinski definition) is 2. The third kappa shape index (κ3) is 4.31. The van der Waals surface area contributed by atoms with E-state index in [9.17, 15) is 9.59 Å². The third-order valence-corrected chi connectivity index (χ3v) is 5.84. The van der Waals surface area contributed by atoms with Gasteiger partial charge in [0.25, 0.3) is 5.91 Å². The quantitative estimate of drug-likeness (QED) is 0.815. The van der Waals surface area contributed by atoms with Crippen molar-refractivity contribution in [3.8, 4) is 0 Å². The Hall–Kier alpha value is -2.93. The molecule has 3 heterocycles. The molecule has 1 saturated heterocycles. The van der Waals surface area contributed by atoms with Crippen LogP contribution in [0.15, 0.2) is 42.6 Å². The van der Waals surface area contributed by atoms with E-state index in [1.807, 2.05) is 36.2 Å². The zero-order chi connectivity index (χ0) is 21.3. The lowest BCUT2D eigenvalue weighted by Gasteiger charge is -2.35. The lowest BCUT2D eigenvalue weighted by Crippen LogP contribution is -2.45. The number of nitrogens with zero attached hydrogens (tertiary/aromatic N) is 3. The minimum atomic E-state index is -0.305. The summed E-state index contributed by atoms with van der Waals surface area (Å²) in [6.07, 6.45) is 2.61. The zero-order valence-electron chi connectivity index (χ0n) is 17.8. The van der Waals surface area contributed by atoms with E-state index in [0.717, 1.165) is 24.3 Å². The Morgan fingerprint density at radius 3 is 2.57 bits per heavy atom. The maximum atomic E-state index is 12.5. The summed E-state index contributed by atoms with van der Waals surface area (Å²) < 4.78 is 0.